The van der Waals surface area contributed by atoms with Gasteiger partial charge in [0, 0.05) is 12.8 Å². The zero-order valence-corrected chi connectivity index (χ0v) is 11.4. The van der Waals surface area contributed by atoms with Crippen molar-refractivity contribution in [3.8, 4) is 0 Å². The van der Waals surface area contributed by atoms with Crippen LogP contribution in [0.25, 0.3) is 0 Å². The molecular weight excluding hydrogens is 226 g/mol. The van der Waals surface area contributed by atoms with E-state index in [2.05, 4.69) is 17.2 Å². The molecule has 0 saturated carbocycles. The van der Waals surface area contributed by atoms with Crippen LogP contribution in [0.4, 0.5) is 0 Å². The van der Waals surface area contributed by atoms with Gasteiger partial charge in [-0.05, 0) is 20.3 Å². The predicted molar refractivity (Wildman–Crippen MR) is 68.3 cm³/mol. The van der Waals surface area contributed by atoms with E-state index in [1.807, 2.05) is 0 Å². The zero-order chi connectivity index (χ0) is 12.8. The number of rotatable bonds is 6. The Labute approximate surface area is 98.4 Å². The van der Waals surface area contributed by atoms with Crippen molar-refractivity contribution in [2.45, 2.75) is 38.4 Å². The third-order valence-corrected chi connectivity index (χ3v) is 4.61. The number of guanidine groups is 1. The van der Waals surface area contributed by atoms with Crippen LogP contribution < -0.4 is 11.1 Å². The highest BCUT2D eigenvalue weighted by molar-refractivity contribution is 7.92. The van der Waals surface area contributed by atoms with Gasteiger partial charge in [-0.25, -0.2) is 8.42 Å². The molecule has 0 aromatic carbocycles. The summed E-state index contributed by atoms with van der Waals surface area (Å²) in [6.07, 6.45) is 3.31. The number of aliphatic imine (C=N–C) groups is 1. The van der Waals surface area contributed by atoms with Crippen LogP contribution in [0.15, 0.2) is 4.99 Å². The fourth-order valence-corrected chi connectivity index (χ4v) is 1.14. The van der Waals surface area contributed by atoms with E-state index in [-0.39, 0.29) is 6.54 Å². The van der Waals surface area contributed by atoms with Crippen LogP contribution in [0.3, 0.4) is 0 Å². The van der Waals surface area contributed by atoms with Crippen molar-refractivity contribution in [2.75, 3.05) is 19.3 Å². The van der Waals surface area contributed by atoms with E-state index >= 15 is 0 Å². The predicted octanol–water partition coefficient (Wildman–Crippen LogP) is 0.514. The summed E-state index contributed by atoms with van der Waals surface area (Å²) < 4.78 is 21.9. The molecule has 0 saturated heterocycles. The third kappa shape index (κ3) is 5.34. The van der Waals surface area contributed by atoms with Crippen LogP contribution in [0.2, 0.25) is 0 Å². The molecule has 0 rings (SSSR count). The lowest BCUT2D eigenvalue weighted by molar-refractivity contribution is 0.555. The molecule has 0 spiro atoms. The Morgan fingerprint density at radius 2 is 2.00 bits per heavy atom. The number of nitrogens with zero attached hydrogens (tertiary/aromatic N) is 1. The highest BCUT2D eigenvalue weighted by Crippen LogP contribution is 2.14. The van der Waals surface area contributed by atoms with Crippen LogP contribution in [0.1, 0.15) is 33.6 Å². The third-order valence-electron chi connectivity index (χ3n) is 2.47. The second-order valence-electron chi connectivity index (χ2n) is 4.51. The summed E-state index contributed by atoms with van der Waals surface area (Å²) in [5.41, 5.74) is 5.61. The molecular formula is C10H23N3O2S. The standard InChI is InChI=1S/C10H23N3O2S/c1-5-6-7-12-9(11)13-8-10(2,3)16(4,14)15/h5-8H2,1-4H3,(H3,11,12,13). The van der Waals surface area contributed by atoms with Crippen molar-refractivity contribution >= 4 is 15.8 Å². The number of unbranched alkanes of at least 4 members (excludes halogenated alkanes) is 1. The number of hydrogen-bond donors (Lipinski definition) is 2. The van der Waals surface area contributed by atoms with Gasteiger partial charge in [0.15, 0.2) is 15.8 Å². The van der Waals surface area contributed by atoms with Gasteiger partial charge in [0.2, 0.25) is 0 Å². The number of nitrogens with two attached hydrogens (primary N) is 1. The highest BCUT2D eigenvalue weighted by Gasteiger charge is 2.29. The molecule has 0 aliphatic carbocycles. The molecule has 6 heteroatoms. The lowest BCUT2D eigenvalue weighted by Gasteiger charge is -2.20. The largest absolute Gasteiger partial charge is 0.370 e. The molecule has 0 aliphatic heterocycles. The molecule has 0 aliphatic rings. The second-order valence-corrected chi connectivity index (χ2v) is 7.16. The van der Waals surface area contributed by atoms with Gasteiger partial charge in [0.25, 0.3) is 0 Å². The van der Waals surface area contributed by atoms with Crippen LogP contribution in [-0.2, 0) is 9.84 Å². The van der Waals surface area contributed by atoms with Gasteiger partial charge in [-0.1, -0.05) is 13.3 Å². The maximum atomic E-state index is 11.4. The number of nitrogens with one attached hydrogen (secondary N) is 1. The average Bonchev–Trinajstić information content (AvgIpc) is 2.13. The molecule has 16 heavy (non-hydrogen) atoms. The second kappa shape index (κ2) is 6.08. The van der Waals surface area contributed by atoms with Gasteiger partial charge in [-0.15, -0.1) is 0 Å². The van der Waals surface area contributed by atoms with E-state index in [4.69, 9.17) is 5.73 Å². The smallest absolute Gasteiger partial charge is 0.188 e. The van der Waals surface area contributed by atoms with Gasteiger partial charge in [-0.2, -0.15) is 0 Å². The quantitative estimate of drug-likeness (QED) is 0.408. The van der Waals surface area contributed by atoms with Crippen molar-refractivity contribution in [1.29, 1.82) is 0 Å². The first-order valence-electron chi connectivity index (χ1n) is 5.44. The number of hydrogen-bond acceptors (Lipinski definition) is 3. The van der Waals surface area contributed by atoms with E-state index in [9.17, 15) is 8.42 Å². The van der Waals surface area contributed by atoms with Crippen LogP contribution in [0.5, 0.6) is 0 Å². The summed E-state index contributed by atoms with van der Waals surface area (Å²) in [4.78, 5) is 4.04. The summed E-state index contributed by atoms with van der Waals surface area (Å²) in [6, 6.07) is 0. The Balaban J connectivity index is 4.26. The van der Waals surface area contributed by atoms with Crippen molar-refractivity contribution in [3.05, 3.63) is 0 Å². The molecule has 0 aromatic heterocycles. The van der Waals surface area contributed by atoms with E-state index < -0.39 is 14.6 Å². The summed E-state index contributed by atoms with van der Waals surface area (Å²) >= 11 is 0. The van der Waals surface area contributed by atoms with Gasteiger partial charge < -0.3 is 11.1 Å². The molecule has 0 unspecified atom stereocenters. The van der Waals surface area contributed by atoms with E-state index in [1.165, 1.54) is 6.26 Å². The molecule has 3 N–H and O–H groups in total. The van der Waals surface area contributed by atoms with E-state index in [0.29, 0.717) is 5.96 Å². The van der Waals surface area contributed by atoms with Crippen LogP contribution in [0, 0.1) is 0 Å². The highest BCUT2D eigenvalue weighted by atomic mass is 32.2. The molecule has 0 aromatic rings. The Hall–Kier alpha value is -0.780. The van der Waals surface area contributed by atoms with Gasteiger partial charge in [0.05, 0.1) is 11.3 Å². The maximum Gasteiger partial charge on any atom is 0.188 e. The summed E-state index contributed by atoms with van der Waals surface area (Å²) in [7, 11) is -3.11. The molecule has 0 atom stereocenters. The fourth-order valence-electron chi connectivity index (χ4n) is 0.842. The molecule has 0 radical (unpaired) electrons. The van der Waals surface area contributed by atoms with Gasteiger partial charge in [-0.3, -0.25) is 4.99 Å². The van der Waals surface area contributed by atoms with E-state index in [0.717, 1.165) is 19.4 Å². The Kier molecular flexibility index (Phi) is 5.78. The minimum atomic E-state index is -3.11. The normalized spacial score (nSPS) is 13.9. The first-order chi connectivity index (χ1) is 7.20. The molecule has 0 fully saturated rings. The lowest BCUT2D eigenvalue weighted by Crippen LogP contribution is -2.38. The maximum absolute atomic E-state index is 11.4. The van der Waals surface area contributed by atoms with Gasteiger partial charge in [0.1, 0.15) is 0 Å². The Morgan fingerprint density at radius 1 is 1.44 bits per heavy atom. The topological polar surface area (TPSA) is 84.5 Å². The lowest BCUT2D eigenvalue weighted by atomic mass is 10.2. The first-order valence-corrected chi connectivity index (χ1v) is 7.33. The Bertz CT molecular complexity index is 334. The average molecular weight is 249 g/mol. The van der Waals surface area contributed by atoms with Crippen molar-refractivity contribution in [2.24, 2.45) is 10.7 Å². The van der Waals surface area contributed by atoms with Crippen molar-refractivity contribution in [3.63, 3.8) is 0 Å². The summed E-state index contributed by atoms with van der Waals surface area (Å²) in [6.45, 7) is 6.32. The SMILES string of the molecule is CCCCNC(N)=NCC(C)(C)S(C)(=O)=O. The number of sulfone groups is 1. The molecule has 0 heterocycles. The minimum Gasteiger partial charge on any atom is -0.370 e. The molecule has 96 valence electrons. The molecule has 0 amide bonds. The Morgan fingerprint density at radius 3 is 2.44 bits per heavy atom. The van der Waals surface area contributed by atoms with Crippen molar-refractivity contribution in [1.82, 2.24) is 5.32 Å². The molecule has 5 nitrogen and oxygen atoms in total. The summed E-state index contributed by atoms with van der Waals surface area (Å²) in [5.74, 6) is 0.310. The molecule has 0 bridgehead atoms. The van der Waals surface area contributed by atoms with Crippen molar-refractivity contribution < 1.29 is 8.42 Å². The van der Waals surface area contributed by atoms with Crippen LogP contribution in [-0.4, -0.2) is 38.5 Å². The minimum absolute atomic E-state index is 0.177. The fraction of sp³-hybridized carbons (Fsp3) is 0.900. The monoisotopic (exact) mass is 249 g/mol. The van der Waals surface area contributed by atoms with Crippen LogP contribution >= 0.6 is 0 Å². The summed E-state index contributed by atoms with van der Waals surface area (Å²) in [5, 5.41) is 2.94. The first kappa shape index (κ1) is 15.2. The zero-order valence-electron chi connectivity index (χ0n) is 10.6. The van der Waals surface area contributed by atoms with Gasteiger partial charge >= 0.3 is 0 Å². The van der Waals surface area contributed by atoms with E-state index in [1.54, 1.807) is 13.8 Å².